The molecule has 8 aromatic heterocycles. The highest BCUT2D eigenvalue weighted by Gasteiger charge is 2.39. The number of aliphatic hydroxyl groups is 4. The van der Waals surface area contributed by atoms with Gasteiger partial charge in [0.25, 0.3) is 47.3 Å². The van der Waals surface area contributed by atoms with Gasteiger partial charge in [-0.05, 0) is 173 Å². The number of nitrogens with zero attached hydrogens (tertiary/aromatic N) is 12. The number of carbonyl (C=O) groups is 8. The number of nitrogens with one attached hydrogen (secondary N) is 4. The highest BCUT2D eigenvalue weighted by atomic mass is 19.1. The minimum Gasteiger partial charge on any atom is -0.489 e. The van der Waals surface area contributed by atoms with Crippen LogP contribution >= 0.6 is 0 Å². The van der Waals surface area contributed by atoms with Gasteiger partial charge in [-0.2, -0.15) is 17.6 Å². The first-order chi connectivity index (χ1) is 69.8. The highest BCUT2D eigenvalue weighted by Crippen LogP contribution is 2.38. The van der Waals surface area contributed by atoms with E-state index in [4.69, 9.17) is 47.4 Å². The highest BCUT2D eigenvalue weighted by molar-refractivity contribution is 6.06. The Morgan fingerprint density at radius 3 is 0.781 bits per heavy atom. The predicted octanol–water partition coefficient (Wildman–Crippen LogP) is 8.72. The Balaban J connectivity index is 0.000000146. The van der Waals surface area contributed by atoms with Gasteiger partial charge in [-0.3, -0.25) is 58.3 Å². The summed E-state index contributed by atoms with van der Waals surface area (Å²) in [6.07, 6.45) is 10.4. The SMILES string of the molecule is CN1C(=O)C(NC(=O)c2cc(Oc3ccc(F)nc3)ccn2)COc2ccc(C#CC(C)(C)O)cc21.CN1C(=O)C(NC(=O)c2cc(Oc3ccc(F)nc3)ccn2)COc2ccc(C#CC3(O)COC3)cc21.CN1C(=O)[C@H](NC(=O)c2cc(Oc3ccc(F)nc3)ccn2)COc2ccc(C#CC(C)(C)O)cc21.CN1C(=O)[C@H](NC(=O)c2cc(Oc3ccc(F)nc3)ccn2)COc2ccc(C#CC3(O)COC3)cc21. The second-order valence-electron chi connectivity index (χ2n) is 34.0. The number of ether oxygens (including phenoxy) is 10. The van der Waals surface area contributed by atoms with Crippen molar-refractivity contribution in [2.45, 2.75) is 74.3 Å². The fourth-order valence-electron chi connectivity index (χ4n) is 13.8. The quantitative estimate of drug-likeness (QED) is 0.0254. The van der Waals surface area contributed by atoms with E-state index in [2.05, 4.69) is 109 Å². The number of hydrogen-bond acceptors (Lipinski definition) is 30. The van der Waals surface area contributed by atoms with Gasteiger partial charge in [0, 0.05) is 99.5 Å². The third-order valence-corrected chi connectivity index (χ3v) is 21.5. The second-order valence-corrected chi connectivity index (χ2v) is 34.0. The largest absolute Gasteiger partial charge is 0.489 e. The number of amides is 8. The van der Waals surface area contributed by atoms with Crippen LogP contribution in [0.4, 0.5) is 40.3 Å². The molecule has 0 aliphatic carbocycles. The van der Waals surface area contributed by atoms with Gasteiger partial charge < -0.3 is 109 Å². The lowest BCUT2D eigenvalue weighted by atomic mass is 10.0. The van der Waals surface area contributed by atoms with E-state index >= 15 is 0 Å². The van der Waals surface area contributed by atoms with E-state index in [0.717, 1.165) is 24.3 Å². The van der Waals surface area contributed by atoms with Crippen molar-refractivity contribution in [3.63, 3.8) is 0 Å². The maximum absolute atomic E-state index is 13.2. The predicted molar refractivity (Wildman–Crippen MR) is 512 cm³/mol. The zero-order valence-electron chi connectivity index (χ0n) is 78.8. The standard InChI is InChI=1S/2C26H21FN4O6.2C26H23FN4O5/c2*1-31-21-10-16(6-8-26(34)14-35-15-26)2-4-22(21)36-13-20(25(31)33)30-24(32)19-11-17(7-9-28-19)37-18-3-5-23(27)29-12-18;2*1-26(2,34)10-8-16-4-6-22-21(12-16)31(3)25(33)20(15-35-22)30-24(32)19-13-17(9-11-28-19)36-18-5-7-23(27)29-14-18/h2*2-5,7,9-12,20,34H,13-15H2,1H3,(H,30,32);2*4-7,9,11-14,20,34H,15H2,1-3H3,(H,30,32)/t20-;;20-;/m1.1./s1. The van der Waals surface area contributed by atoms with Crippen molar-refractivity contribution in [1.29, 1.82) is 0 Å². The van der Waals surface area contributed by atoms with Gasteiger partial charge in [0.15, 0.2) is 11.2 Å². The molecule has 2 fully saturated rings. The van der Waals surface area contributed by atoms with E-state index in [1.54, 1.807) is 129 Å². The second kappa shape index (κ2) is 44.8. The van der Waals surface area contributed by atoms with E-state index in [1.807, 2.05) is 0 Å². The molecule has 146 heavy (non-hydrogen) atoms. The number of fused-ring (bicyclic) bond motifs is 4. The van der Waals surface area contributed by atoms with Crippen molar-refractivity contribution >= 4 is 70.0 Å². The van der Waals surface area contributed by atoms with E-state index in [1.165, 1.54) is 142 Å². The molecule has 18 rings (SSSR count). The summed E-state index contributed by atoms with van der Waals surface area (Å²) in [5.41, 5.74) is -0.283. The van der Waals surface area contributed by atoms with Crippen LogP contribution in [0.2, 0.25) is 0 Å². The summed E-state index contributed by atoms with van der Waals surface area (Å²) in [5.74, 6) is 20.1. The lowest BCUT2D eigenvalue weighted by Crippen LogP contribution is -2.49. The number of hydrogen-bond donors (Lipinski definition) is 8. The molecule has 6 aliphatic rings. The van der Waals surface area contributed by atoms with Gasteiger partial charge in [0.1, 0.15) is 154 Å². The fraction of sp³-hybridized carbons (Fsp3) is 0.231. The monoisotopic (exact) mass is 1990 g/mol. The number of likely N-dealkylation sites (N-methyl/N-ethyl adjacent to an activating group) is 4. The van der Waals surface area contributed by atoms with Crippen LogP contribution in [0.15, 0.2) is 219 Å². The van der Waals surface area contributed by atoms with Gasteiger partial charge >= 0.3 is 0 Å². The van der Waals surface area contributed by atoms with Gasteiger partial charge in [0.2, 0.25) is 23.8 Å². The molecule has 4 atom stereocenters. The van der Waals surface area contributed by atoms with Gasteiger partial charge in [0.05, 0.1) is 74.0 Å². The first-order valence-electron chi connectivity index (χ1n) is 44.4. The summed E-state index contributed by atoms with van der Waals surface area (Å²) in [6, 6.07) is 38.3. The molecule has 42 heteroatoms. The van der Waals surface area contributed by atoms with Crippen LogP contribution in [0.1, 0.15) is 91.9 Å². The van der Waals surface area contributed by atoms with Crippen molar-refractivity contribution in [1.82, 2.24) is 61.1 Å². The van der Waals surface area contributed by atoms with Crippen molar-refractivity contribution in [3.8, 4) is 116 Å². The summed E-state index contributed by atoms with van der Waals surface area (Å²) < 4.78 is 108. The van der Waals surface area contributed by atoms with Crippen LogP contribution in [0.25, 0.3) is 0 Å². The summed E-state index contributed by atoms with van der Waals surface area (Å²) in [6.45, 7) is 6.55. The van der Waals surface area contributed by atoms with Crippen LogP contribution in [0, 0.1) is 71.2 Å². The maximum atomic E-state index is 13.2. The number of aromatic nitrogens is 8. The average Bonchev–Trinajstić information content (AvgIpc) is 1.65. The molecule has 38 nitrogen and oxygen atoms in total. The third kappa shape index (κ3) is 27.0. The molecule has 744 valence electrons. The molecular formula is C104H88F4N16O22. The Morgan fingerprint density at radius 1 is 0.342 bits per heavy atom. The Kier molecular flexibility index (Phi) is 31.4. The lowest BCUT2D eigenvalue weighted by molar-refractivity contribution is -0.140. The molecule has 6 aliphatic heterocycles. The summed E-state index contributed by atoms with van der Waals surface area (Å²) in [7, 11) is 6.29. The molecule has 8 N–H and O–H groups in total. The molecule has 0 spiro atoms. The number of carbonyl (C=O) groups excluding carboxylic acids is 8. The van der Waals surface area contributed by atoms with Crippen LogP contribution < -0.4 is 78.8 Å². The van der Waals surface area contributed by atoms with E-state index < -0.39 is 106 Å². The minimum absolute atomic E-state index is 0.0141. The molecule has 12 aromatic rings. The van der Waals surface area contributed by atoms with E-state index in [9.17, 15) is 76.3 Å². The summed E-state index contributed by atoms with van der Waals surface area (Å²) in [4.78, 5) is 140. The Bertz CT molecular complexity index is 6830. The Hall–Kier alpha value is -18.0. The van der Waals surface area contributed by atoms with Crippen molar-refractivity contribution in [3.05, 3.63) is 288 Å². The smallest absolute Gasteiger partial charge is 0.270 e. The van der Waals surface area contributed by atoms with Gasteiger partial charge in [-0.25, -0.2) is 19.9 Å². The zero-order chi connectivity index (χ0) is 104. The molecule has 14 heterocycles. The topological polar surface area (TPSA) is 474 Å². The molecule has 8 amide bonds. The Morgan fingerprint density at radius 2 is 0.575 bits per heavy atom. The van der Waals surface area contributed by atoms with Crippen molar-refractivity contribution < 1.29 is 124 Å². The molecule has 2 unspecified atom stereocenters. The van der Waals surface area contributed by atoms with Gasteiger partial charge in [-0.1, -0.05) is 47.4 Å². The first-order valence-corrected chi connectivity index (χ1v) is 44.4. The average molecular weight is 1990 g/mol. The van der Waals surface area contributed by atoms with Gasteiger partial charge in [-0.15, -0.1) is 0 Å². The van der Waals surface area contributed by atoms with Crippen molar-refractivity contribution in [2.75, 3.05) is 101 Å². The maximum Gasteiger partial charge on any atom is 0.270 e. The number of rotatable bonds is 16. The third-order valence-electron chi connectivity index (χ3n) is 21.5. The van der Waals surface area contributed by atoms with E-state index in [-0.39, 0.29) is 133 Å². The number of benzene rings is 4. The fourth-order valence-corrected chi connectivity index (χ4v) is 13.8. The molecule has 0 saturated carbocycles. The molecular weight excluding hydrogens is 1900 g/mol. The van der Waals surface area contributed by atoms with Crippen LogP contribution in [0.3, 0.4) is 0 Å². The van der Waals surface area contributed by atoms with E-state index in [0.29, 0.717) is 68.0 Å². The zero-order valence-corrected chi connectivity index (χ0v) is 78.8. The molecule has 0 bridgehead atoms. The van der Waals surface area contributed by atoms with Crippen LogP contribution in [0.5, 0.6) is 69.0 Å². The number of pyridine rings is 8. The molecule has 0 radical (unpaired) electrons. The number of halogens is 4. The normalized spacial score (nSPS) is 16.4. The Labute approximate surface area is 830 Å². The van der Waals surface area contributed by atoms with Crippen LogP contribution in [-0.2, 0) is 28.7 Å². The minimum atomic E-state index is -1.16. The molecule has 2 saturated heterocycles. The number of anilines is 4. The molecule has 4 aromatic carbocycles. The van der Waals surface area contributed by atoms with Crippen molar-refractivity contribution in [2.24, 2.45) is 0 Å². The summed E-state index contributed by atoms with van der Waals surface area (Å²) >= 11 is 0. The van der Waals surface area contributed by atoms with Crippen LogP contribution in [-0.4, -0.2) is 235 Å². The lowest BCUT2D eigenvalue weighted by Gasteiger charge is -2.30. The summed E-state index contributed by atoms with van der Waals surface area (Å²) in [5, 5.41) is 50.5. The first kappa shape index (κ1) is 102.